The van der Waals surface area contributed by atoms with Gasteiger partial charge in [-0.1, -0.05) is 0 Å². The van der Waals surface area contributed by atoms with Crippen LogP contribution in [0.15, 0.2) is 11.6 Å². The van der Waals surface area contributed by atoms with Gasteiger partial charge in [-0.2, -0.15) is 0 Å². The molecule has 1 aromatic rings. The third-order valence-electron chi connectivity index (χ3n) is 3.43. The van der Waals surface area contributed by atoms with E-state index in [4.69, 9.17) is 4.74 Å². The summed E-state index contributed by atoms with van der Waals surface area (Å²) in [5, 5.41) is 3.25. The maximum atomic E-state index is 11.8. The summed E-state index contributed by atoms with van der Waals surface area (Å²) >= 11 is 1.73. The summed E-state index contributed by atoms with van der Waals surface area (Å²) < 4.78 is 4.94. The molecule has 1 aliphatic heterocycles. The molecule has 4 nitrogen and oxygen atoms in total. The Morgan fingerprint density at radius 2 is 2.33 bits per heavy atom. The first-order valence-electron chi connectivity index (χ1n) is 6.44. The van der Waals surface area contributed by atoms with E-state index in [1.807, 2.05) is 16.5 Å². The molecule has 18 heavy (non-hydrogen) atoms. The van der Waals surface area contributed by atoms with Crippen LogP contribution in [0, 0.1) is 5.92 Å². The topological polar surface area (TPSA) is 42.4 Å². The zero-order valence-electron chi connectivity index (χ0n) is 10.8. The first-order chi connectivity index (χ1) is 8.79. The number of carbonyl (C=O) groups excluding carboxylic acids is 1. The number of nitrogens with zero attached hydrogens (tertiary/aromatic N) is 2. The first-order valence-corrected chi connectivity index (χ1v) is 7.32. The van der Waals surface area contributed by atoms with Gasteiger partial charge in [-0.25, -0.2) is 4.98 Å². The summed E-state index contributed by atoms with van der Waals surface area (Å²) in [5.74, 6) is 0.909. The third-order valence-corrected chi connectivity index (χ3v) is 4.24. The van der Waals surface area contributed by atoms with E-state index in [9.17, 15) is 4.79 Å². The van der Waals surface area contributed by atoms with Crippen LogP contribution in [0.1, 0.15) is 24.3 Å². The second kappa shape index (κ2) is 6.85. The summed E-state index contributed by atoms with van der Waals surface area (Å²) in [5.41, 5.74) is 0. The summed E-state index contributed by atoms with van der Waals surface area (Å²) in [6.45, 7) is 2.30. The predicted octanol–water partition coefficient (Wildman–Crippen LogP) is 1.96. The molecule has 0 atom stereocenters. The van der Waals surface area contributed by atoms with Gasteiger partial charge in [0.05, 0.1) is 18.0 Å². The largest absolute Gasteiger partial charge is 0.384 e. The number of hydrogen-bond donors (Lipinski definition) is 0. The van der Waals surface area contributed by atoms with Crippen LogP contribution in [0.3, 0.4) is 0 Å². The van der Waals surface area contributed by atoms with E-state index in [1.165, 1.54) is 5.01 Å². The molecule has 0 N–H and O–H groups in total. The van der Waals surface area contributed by atoms with Gasteiger partial charge in [0.1, 0.15) is 0 Å². The van der Waals surface area contributed by atoms with Gasteiger partial charge >= 0.3 is 0 Å². The molecule has 0 bridgehead atoms. The van der Waals surface area contributed by atoms with Crippen LogP contribution in [0.2, 0.25) is 0 Å². The van der Waals surface area contributed by atoms with Gasteiger partial charge < -0.3 is 9.64 Å². The van der Waals surface area contributed by atoms with Gasteiger partial charge in [0.15, 0.2) is 0 Å². The Kier molecular flexibility index (Phi) is 5.13. The number of rotatable bonds is 5. The van der Waals surface area contributed by atoms with Gasteiger partial charge in [-0.3, -0.25) is 4.79 Å². The Balaban J connectivity index is 1.72. The van der Waals surface area contributed by atoms with Gasteiger partial charge in [0, 0.05) is 38.2 Å². The molecule has 1 saturated heterocycles. The molecule has 0 unspecified atom stereocenters. The van der Waals surface area contributed by atoms with E-state index in [0.717, 1.165) is 32.4 Å². The number of ether oxygens (including phenoxy) is 1. The average molecular weight is 268 g/mol. The summed E-state index contributed by atoms with van der Waals surface area (Å²) in [6.07, 6.45) is 5.63. The highest BCUT2D eigenvalue weighted by Crippen LogP contribution is 2.22. The van der Waals surface area contributed by atoms with Gasteiger partial charge in [-0.05, 0) is 18.8 Å². The zero-order chi connectivity index (χ0) is 12.8. The lowest BCUT2D eigenvalue weighted by Gasteiger charge is -2.31. The maximum Gasteiger partial charge on any atom is 0.224 e. The highest BCUT2D eigenvalue weighted by atomic mass is 32.1. The molecular formula is C13H20N2O2S. The number of hydrogen-bond acceptors (Lipinski definition) is 4. The Morgan fingerprint density at radius 3 is 2.94 bits per heavy atom. The van der Waals surface area contributed by atoms with E-state index in [0.29, 0.717) is 18.9 Å². The molecule has 0 saturated carbocycles. The molecular weight excluding hydrogens is 248 g/mol. The number of carbonyl (C=O) groups is 1. The van der Waals surface area contributed by atoms with Crippen molar-refractivity contribution < 1.29 is 9.53 Å². The van der Waals surface area contributed by atoms with Crippen LogP contribution in [0.5, 0.6) is 0 Å². The summed E-state index contributed by atoms with van der Waals surface area (Å²) in [7, 11) is 1.63. The van der Waals surface area contributed by atoms with E-state index in [-0.39, 0.29) is 5.91 Å². The molecule has 1 aromatic heterocycles. The fraction of sp³-hybridized carbons (Fsp3) is 0.692. The van der Waals surface area contributed by atoms with Crippen LogP contribution in [-0.4, -0.2) is 42.6 Å². The van der Waals surface area contributed by atoms with Gasteiger partial charge in [0.25, 0.3) is 0 Å². The molecule has 0 radical (unpaired) electrons. The van der Waals surface area contributed by atoms with Crippen LogP contribution in [-0.2, 0) is 16.0 Å². The zero-order valence-corrected chi connectivity index (χ0v) is 11.6. The standard InChI is InChI=1S/C13H20N2O2S/c1-17-8-4-13(16)15-6-2-11(3-7-15)10-12-14-5-9-18-12/h5,9,11H,2-4,6-8,10H2,1H3. The Labute approximate surface area is 112 Å². The molecule has 2 heterocycles. The summed E-state index contributed by atoms with van der Waals surface area (Å²) in [4.78, 5) is 18.1. The van der Waals surface area contributed by atoms with Crippen molar-refractivity contribution in [1.29, 1.82) is 0 Å². The number of thiazole rings is 1. The Bertz CT molecular complexity index is 359. The number of methoxy groups -OCH3 is 1. The fourth-order valence-electron chi connectivity index (χ4n) is 2.33. The highest BCUT2D eigenvalue weighted by Gasteiger charge is 2.23. The lowest BCUT2D eigenvalue weighted by Crippen LogP contribution is -2.39. The first kappa shape index (κ1) is 13.5. The van der Waals surface area contributed by atoms with Crippen molar-refractivity contribution in [3.05, 3.63) is 16.6 Å². The number of likely N-dealkylation sites (tertiary alicyclic amines) is 1. The molecule has 0 spiro atoms. The molecule has 2 rings (SSSR count). The second-order valence-electron chi connectivity index (χ2n) is 4.70. The van der Waals surface area contributed by atoms with E-state index >= 15 is 0 Å². The van der Waals surface area contributed by atoms with Crippen molar-refractivity contribution in [2.24, 2.45) is 5.92 Å². The second-order valence-corrected chi connectivity index (χ2v) is 5.68. The van der Waals surface area contributed by atoms with Crippen molar-refractivity contribution in [2.45, 2.75) is 25.7 Å². The van der Waals surface area contributed by atoms with Crippen molar-refractivity contribution in [2.75, 3.05) is 26.8 Å². The van der Waals surface area contributed by atoms with Crippen LogP contribution in [0.25, 0.3) is 0 Å². The minimum atomic E-state index is 0.226. The van der Waals surface area contributed by atoms with Crippen molar-refractivity contribution in [3.63, 3.8) is 0 Å². The van der Waals surface area contributed by atoms with E-state index in [1.54, 1.807) is 18.4 Å². The predicted molar refractivity (Wildman–Crippen MR) is 71.6 cm³/mol. The molecule has 1 fully saturated rings. The quantitative estimate of drug-likeness (QED) is 0.820. The molecule has 1 aliphatic rings. The number of amides is 1. The lowest BCUT2D eigenvalue weighted by molar-refractivity contribution is -0.133. The SMILES string of the molecule is COCCC(=O)N1CCC(Cc2nccs2)CC1. The summed E-state index contributed by atoms with van der Waals surface area (Å²) in [6, 6.07) is 0. The van der Waals surface area contributed by atoms with E-state index < -0.39 is 0 Å². The van der Waals surface area contributed by atoms with Crippen LogP contribution >= 0.6 is 11.3 Å². The van der Waals surface area contributed by atoms with Crippen LogP contribution in [0.4, 0.5) is 0 Å². The van der Waals surface area contributed by atoms with E-state index in [2.05, 4.69) is 4.98 Å². The minimum Gasteiger partial charge on any atom is -0.384 e. The molecule has 1 amide bonds. The monoisotopic (exact) mass is 268 g/mol. The van der Waals surface area contributed by atoms with Gasteiger partial charge in [0.2, 0.25) is 5.91 Å². The Morgan fingerprint density at radius 1 is 1.56 bits per heavy atom. The van der Waals surface area contributed by atoms with Crippen LogP contribution < -0.4 is 0 Å². The van der Waals surface area contributed by atoms with Crippen molar-refractivity contribution >= 4 is 17.2 Å². The Hall–Kier alpha value is -0.940. The number of piperidine rings is 1. The van der Waals surface area contributed by atoms with Gasteiger partial charge in [-0.15, -0.1) is 11.3 Å². The minimum absolute atomic E-state index is 0.226. The third kappa shape index (κ3) is 3.78. The van der Waals surface area contributed by atoms with Crippen molar-refractivity contribution in [3.8, 4) is 0 Å². The number of aromatic nitrogens is 1. The maximum absolute atomic E-state index is 11.8. The smallest absolute Gasteiger partial charge is 0.224 e. The normalized spacial score (nSPS) is 17.1. The molecule has 0 aromatic carbocycles. The average Bonchev–Trinajstić information content (AvgIpc) is 2.89. The molecule has 100 valence electrons. The molecule has 0 aliphatic carbocycles. The van der Waals surface area contributed by atoms with Crippen molar-refractivity contribution in [1.82, 2.24) is 9.88 Å². The fourth-order valence-corrected chi connectivity index (χ4v) is 3.07. The lowest BCUT2D eigenvalue weighted by atomic mass is 9.94. The highest BCUT2D eigenvalue weighted by molar-refractivity contribution is 7.09. The molecule has 5 heteroatoms.